The van der Waals surface area contributed by atoms with Crippen LogP contribution in [0.2, 0.25) is 0 Å². The third kappa shape index (κ3) is 6.38. The largest absolute Gasteiger partial charge is 0.416 e. The van der Waals surface area contributed by atoms with E-state index in [1.807, 2.05) is 25.3 Å². The number of benzene rings is 2. The van der Waals surface area contributed by atoms with Gasteiger partial charge in [0.2, 0.25) is 11.8 Å². The molecule has 0 saturated heterocycles. The molecule has 0 aliphatic heterocycles. The monoisotopic (exact) mass is 441 g/mol. The molecule has 0 amide bonds. The van der Waals surface area contributed by atoms with E-state index in [1.54, 1.807) is 0 Å². The fourth-order valence-corrected chi connectivity index (χ4v) is 3.64. The van der Waals surface area contributed by atoms with Crippen molar-refractivity contribution in [3.63, 3.8) is 0 Å². The number of aliphatic imine (C=N–C) groups is 1. The zero-order valence-electron chi connectivity index (χ0n) is 20.7. The first-order chi connectivity index (χ1) is 15.8. The number of aromatic nitrogens is 2. The SMILES string of the molecule is CCCc1ccc(-c2nnc(-c3ccc(C(C)(C)C)cc3)o2)cc1/C(C)=C/C=C\C=N\CC. The summed E-state index contributed by atoms with van der Waals surface area (Å²) in [5.74, 6) is 1.07. The minimum Gasteiger partial charge on any atom is -0.416 e. The number of hydrogen-bond acceptors (Lipinski definition) is 4. The lowest BCUT2D eigenvalue weighted by molar-refractivity contribution is 0.582. The van der Waals surface area contributed by atoms with Crippen LogP contribution in [-0.2, 0) is 11.8 Å². The first-order valence-electron chi connectivity index (χ1n) is 11.7. The van der Waals surface area contributed by atoms with E-state index in [2.05, 4.69) is 98.3 Å². The number of rotatable bonds is 8. The maximum absolute atomic E-state index is 6.07. The summed E-state index contributed by atoms with van der Waals surface area (Å²) in [4.78, 5) is 4.22. The van der Waals surface area contributed by atoms with Gasteiger partial charge >= 0.3 is 0 Å². The van der Waals surface area contributed by atoms with Crippen LogP contribution >= 0.6 is 0 Å². The zero-order valence-corrected chi connectivity index (χ0v) is 20.7. The molecule has 0 radical (unpaired) electrons. The fourth-order valence-electron chi connectivity index (χ4n) is 3.64. The fraction of sp³-hybridized carbons (Fsp3) is 0.345. The van der Waals surface area contributed by atoms with Crippen molar-refractivity contribution in [3.8, 4) is 22.9 Å². The lowest BCUT2D eigenvalue weighted by Gasteiger charge is -2.18. The molecule has 0 N–H and O–H groups in total. The van der Waals surface area contributed by atoms with Crippen LogP contribution in [0, 0.1) is 0 Å². The van der Waals surface area contributed by atoms with E-state index in [1.165, 1.54) is 22.3 Å². The van der Waals surface area contributed by atoms with Gasteiger partial charge in [0.25, 0.3) is 0 Å². The molecular weight excluding hydrogens is 406 g/mol. The first kappa shape index (κ1) is 24.4. The predicted octanol–water partition coefficient (Wildman–Crippen LogP) is 7.70. The summed E-state index contributed by atoms with van der Waals surface area (Å²) >= 11 is 0. The molecule has 0 aliphatic rings. The minimum absolute atomic E-state index is 0.110. The van der Waals surface area contributed by atoms with Crippen molar-refractivity contribution in [2.45, 2.75) is 59.8 Å². The molecule has 0 atom stereocenters. The summed E-state index contributed by atoms with van der Waals surface area (Å²) in [5.41, 5.74) is 6.97. The molecule has 3 aromatic rings. The molecule has 3 rings (SSSR count). The van der Waals surface area contributed by atoms with Crippen LogP contribution in [0.15, 0.2) is 70.1 Å². The van der Waals surface area contributed by atoms with E-state index >= 15 is 0 Å². The van der Waals surface area contributed by atoms with E-state index in [0.717, 1.165) is 30.5 Å². The second-order valence-corrected chi connectivity index (χ2v) is 9.24. The average molecular weight is 442 g/mol. The highest BCUT2D eigenvalue weighted by molar-refractivity contribution is 5.75. The van der Waals surface area contributed by atoms with Gasteiger partial charge < -0.3 is 4.42 Å². The Hall–Kier alpha value is -3.27. The van der Waals surface area contributed by atoms with Gasteiger partial charge in [-0.3, -0.25) is 4.99 Å². The van der Waals surface area contributed by atoms with Gasteiger partial charge in [-0.25, -0.2) is 0 Å². The Balaban J connectivity index is 1.90. The summed E-state index contributed by atoms with van der Waals surface area (Å²) in [6.07, 6.45) is 10.1. The van der Waals surface area contributed by atoms with Gasteiger partial charge in [-0.2, -0.15) is 0 Å². The van der Waals surface area contributed by atoms with Crippen molar-refractivity contribution in [2.75, 3.05) is 6.54 Å². The maximum atomic E-state index is 6.07. The summed E-state index contributed by atoms with van der Waals surface area (Å²) in [6, 6.07) is 14.8. The number of hydrogen-bond donors (Lipinski definition) is 0. The molecule has 0 spiro atoms. The van der Waals surface area contributed by atoms with Crippen LogP contribution in [0.3, 0.4) is 0 Å². The lowest BCUT2D eigenvalue weighted by atomic mass is 9.87. The first-order valence-corrected chi connectivity index (χ1v) is 11.7. The minimum atomic E-state index is 0.110. The van der Waals surface area contributed by atoms with E-state index < -0.39 is 0 Å². The van der Waals surface area contributed by atoms with Gasteiger partial charge in [0.1, 0.15) is 0 Å². The Morgan fingerprint density at radius 3 is 2.24 bits per heavy atom. The molecule has 172 valence electrons. The van der Waals surface area contributed by atoms with Crippen LogP contribution < -0.4 is 0 Å². The Kier molecular flexibility index (Phi) is 8.16. The molecular formula is C29H35N3O. The molecule has 1 aromatic heterocycles. The summed E-state index contributed by atoms with van der Waals surface area (Å²) in [5, 5.41) is 8.65. The van der Waals surface area contributed by atoms with Crippen LogP contribution in [0.25, 0.3) is 28.5 Å². The number of allylic oxidation sites excluding steroid dienone is 4. The molecule has 0 bridgehead atoms. The van der Waals surface area contributed by atoms with E-state index in [4.69, 9.17) is 4.42 Å². The molecule has 0 aliphatic carbocycles. The molecule has 2 aromatic carbocycles. The molecule has 4 nitrogen and oxygen atoms in total. The summed E-state index contributed by atoms with van der Waals surface area (Å²) < 4.78 is 6.07. The summed E-state index contributed by atoms with van der Waals surface area (Å²) in [6.45, 7) is 13.8. The van der Waals surface area contributed by atoms with Gasteiger partial charge in [0.15, 0.2) is 0 Å². The number of nitrogens with zero attached hydrogens (tertiary/aromatic N) is 3. The van der Waals surface area contributed by atoms with E-state index in [9.17, 15) is 0 Å². The van der Waals surface area contributed by atoms with Gasteiger partial charge in [0.05, 0.1) is 0 Å². The lowest BCUT2D eigenvalue weighted by Crippen LogP contribution is -2.10. The topological polar surface area (TPSA) is 51.3 Å². The van der Waals surface area contributed by atoms with Crippen molar-refractivity contribution < 1.29 is 4.42 Å². The van der Waals surface area contributed by atoms with Crippen LogP contribution in [0.1, 0.15) is 64.7 Å². The van der Waals surface area contributed by atoms with Crippen molar-refractivity contribution in [2.24, 2.45) is 4.99 Å². The highest BCUT2D eigenvalue weighted by Crippen LogP contribution is 2.30. The van der Waals surface area contributed by atoms with Gasteiger partial charge in [-0.15, -0.1) is 10.2 Å². The Bertz CT molecular complexity index is 1140. The third-order valence-electron chi connectivity index (χ3n) is 5.56. The standard InChI is InChI=1S/C29H35N3O/c1-7-11-22-13-14-24(20-26(22)21(3)12-9-10-19-30-8-2)28-32-31-27(33-28)23-15-17-25(18-16-23)29(4,5)6/h9-10,12-20H,7-8,11H2,1-6H3/b10-9-,21-12+,30-19+. The average Bonchev–Trinajstić information content (AvgIpc) is 3.29. The highest BCUT2D eigenvalue weighted by Gasteiger charge is 2.16. The van der Waals surface area contributed by atoms with Gasteiger partial charge in [-0.1, -0.05) is 64.5 Å². The Morgan fingerprint density at radius 2 is 1.61 bits per heavy atom. The van der Waals surface area contributed by atoms with Gasteiger partial charge in [0, 0.05) is 23.9 Å². The van der Waals surface area contributed by atoms with E-state index in [0.29, 0.717) is 11.8 Å². The Morgan fingerprint density at radius 1 is 0.939 bits per heavy atom. The van der Waals surface area contributed by atoms with Crippen LogP contribution in [0.5, 0.6) is 0 Å². The smallest absolute Gasteiger partial charge is 0.248 e. The summed E-state index contributed by atoms with van der Waals surface area (Å²) in [7, 11) is 0. The molecule has 33 heavy (non-hydrogen) atoms. The van der Waals surface area contributed by atoms with E-state index in [-0.39, 0.29) is 5.41 Å². The predicted molar refractivity (Wildman–Crippen MR) is 140 cm³/mol. The zero-order chi connectivity index (χ0) is 23.8. The van der Waals surface area contributed by atoms with Gasteiger partial charge in [-0.05, 0) is 78.3 Å². The maximum Gasteiger partial charge on any atom is 0.248 e. The normalized spacial score (nSPS) is 12.8. The molecule has 1 heterocycles. The van der Waals surface area contributed by atoms with Crippen LogP contribution in [0.4, 0.5) is 0 Å². The quantitative estimate of drug-likeness (QED) is 0.266. The van der Waals surface area contributed by atoms with Crippen molar-refractivity contribution in [1.82, 2.24) is 10.2 Å². The highest BCUT2D eigenvalue weighted by atomic mass is 16.4. The third-order valence-corrected chi connectivity index (χ3v) is 5.56. The van der Waals surface area contributed by atoms with Crippen molar-refractivity contribution in [1.29, 1.82) is 0 Å². The molecule has 0 fully saturated rings. The molecule has 0 unspecified atom stereocenters. The molecule has 4 heteroatoms. The second-order valence-electron chi connectivity index (χ2n) is 9.24. The van der Waals surface area contributed by atoms with Crippen LogP contribution in [-0.4, -0.2) is 23.0 Å². The van der Waals surface area contributed by atoms with Crippen molar-refractivity contribution in [3.05, 3.63) is 77.4 Å². The molecule has 0 saturated carbocycles. The Labute approximate surface area is 198 Å². The number of aryl methyl sites for hydroxylation is 1. The van der Waals surface area contributed by atoms with Crippen molar-refractivity contribution >= 4 is 11.8 Å². The second kappa shape index (κ2) is 11.0.